The fraction of sp³-hybridized carbons (Fsp3) is 0.320. The lowest BCUT2D eigenvalue weighted by Gasteiger charge is -2.20. The van der Waals surface area contributed by atoms with Crippen molar-refractivity contribution >= 4 is 32.8 Å². The maximum Gasteiger partial charge on any atom is 0.308 e. The Morgan fingerprint density at radius 3 is 2.34 bits per heavy atom. The first-order valence-corrected chi connectivity index (χ1v) is 12.8. The van der Waals surface area contributed by atoms with Gasteiger partial charge in [0.2, 0.25) is 15.6 Å². The number of hydrogen-bond donors (Lipinski definition) is 2. The molecule has 3 aromatic rings. The summed E-state index contributed by atoms with van der Waals surface area (Å²) in [4.78, 5) is 40.5. The molecule has 10 heteroatoms. The second kappa shape index (κ2) is 11.3. The molecule has 0 aliphatic heterocycles. The van der Waals surface area contributed by atoms with Crippen LogP contribution in [0.4, 0.5) is 0 Å². The van der Waals surface area contributed by atoms with E-state index in [2.05, 4.69) is 10.3 Å². The van der Waals surface area contributed by atoms with Crippen LogP contribution < -0.4 is 10.9 Å². The molecule has 1 amide bonds. The number of rotatable bonds is 10. The number of benzene rings is 2. The van der Waals surface area contributed by atoms with E-state index in [1.165, 1.54) is 22.5 Å². The summed E-state index contributed by atoms with van der Waals surface area (Å²) >= 11 is 0. The molecular weight excluding hydrogens is 470 g/mol. The van der Waals surface area contributed by atoms with Gasteiger partial charge in [-0.1, -0.05) is 44.2 Å². The number of amides is 1. The summed E-state index contributed by atoms with van der Waals surface area (Å²) in [5.41, 5.74) is 0.504. The Kier molecular flexibility index (Phi) is 8.42. The standard InChI is InChI=1S/C25H29N3O6S/c1-4-28(5-2)35(32,33)18-12-13-21-19(14-18)20(15-23(29)26-21)25(31)27-22(16-24(30)34-6-3)17-10-8-7-9-11-17/h7-15,22H,4-6,16H2,1-3H3,(H,26,29)(H,27,31). The van der Waals surface area contributed by atoms with Crippen LogP contribution in [0.2, 0.25) is 0 Å². The number of aromatic nitrogens is 1. The molecule has 2 N–H and O–H groups in total. The van der Waals surface area contributed by atoms with Crippen molar-refractivity contribution in [2.24, 2.45) is 0 Å². The molecule has 0 fully saturated rings. The van der Waals surface area contributed by atoms with E-state index >= 15 is 0 Å². The molecule has 1 heterocycles. The van der Waals surface area contributed by atoms with Crippen LogP contribution in [0.3, 0.4) is 0 Å². The van der Waals surface area contributed by atoms with Gasteiger partial charge in [-0.3, -0.25) is 14.4 Å². The van der Waals surface area contributed by atoms with Gasteiger partial charge in [0.25, 0.3) is 5.91 Å². The van der Waals surface area contributed by atoms with Crippen LogP contribution in [-0.4, -0.2) is 49.3 Å². The van der Waals surface area contributed by atoms with Crippen molar-refractivity contribution in [2.45, 2.75) is 38.1 Å². The van der Waals surface area contributed by atoms with Crippen molar-refractivity contribution in [3.63, 3.8) is 0 Å². The molecule has 0 saturated heterocycles. The molecular formula is C25H29N3O6S. The Morgan fingerprint density at radius 1 is 1.03 bits per heavy atom. The number of esters is 1. The quantitative estimate of drug-likeness (QED) is 0.413. The molecule has 186 valence electrons. The molecule has 1 unspecified atom stereocenters. The van der Waals surface area contributed by atoms with Crippen molar-refractivity contribution in [2.75, 3.05) is 19.7 Å². The summed E-state index contributed by atoms with van der Waals surface area (Å²) in [5.74, 6) is -1.10. The van der Waals surface area contributed by atoms with Gasteiger partial charge >= 0.3 is 5.97 Å². The molecule has 35 heavy (non-hydrogen) atoms. The number of hydrogen-bond acceptors (Lipinski definition) is 6. The van der Waals surface area contributed by atoms with E-state index in [-0.39, 0.29) is 28.9 Å². The fourth-order valence-electron chi connectivity index (χ4n) is 3.85. The average molecular weight is 500 g/mol. The average Bonchev–Trinajstić information content (AvgIpc) is 2.84. The lowest BCUT2D eigenvalue weighted by Crippen LogP contribution is -2.32. The van der Waals surface area contributed by atoms with E-state index in [0.29, 0.717) is 24.2 Å². The molecule has 0 aliphatic carbocycles. The zero-order valence-corrected chi connectivity index (χ0v) is 20.7. The first-order chi connectivity index (χ1) is 16.7. The molecule has 3 rings (SSSR count). The SMILES string of the molecule is CCOC(=O)CC(NC(=O)c1cc(=O)[nH]c2ccc(S(=O)(=O)N(CC)CC)cc12)c1ccccc1. The summed E-state index contributed by atoms with van der Waals surface area (Å²) in [6.07, 6.45) is -0.105. The first-order valence-electron chi connectivity index (χ1n) is 11.4. The highest BCUT2D eigenvalue weighted by molar-refractivity contribution is 7.89. The third-order valence-electron chi connectivity index (χ3n) is 5.59. The van der Waals surface area contributed by atoms with Gasteiger partial charge in [0.1, 0.15) is 0 Å². The maximum atomic E-state index is 13.4. The van der Waals surface area contributed by atoms with Gasteiger partial charge in [0, 0.05) is 30.1 Å². The number of ether oxygens (including phenoxy) is 1. The normalized spacial score (nSPS) is 12.5. The molecule has 0 radical (unpaired) electrons. The summed E-state index contributed by atoms with van der Waals surface area (Å²) in [6.45, 7) is 5.97. The number of H-pyrrole nitrogens is 1. The third kappa shape index (κ3) is 5.95. The number of nitrogens with zero attached hydrogens (tertiary/aromatic N) is 1. The highest BCUT2D eigenvalue weighted by atomic mass is 32.2. The molecule has 0 spiro atoms. The van der Waals surface area contributed by atoms with Crippen LogP contribution in [0.15, 0.2) is 64.3 Å². The van der Waals surface area contributed by atoms with E-state index in [1.807, 2.05) is 6.07 Å². The number of fused-ring (bicyclic) bond motifs is 1. The van der Waals surface area contributed by atoms with Crippen LogP contribution >= 0.6 is 0 Å². The molecule has 1 aromatic heterocycles. The fourth-order valence-corrected chi connectivity index (χ4v) is 5.34. The number of nitrogens with one attached hydrogen (secondary N) is 2. The smallest absolute Gasteiger partial charge is 0.308 e. The zero-order valence-electron chi connectivity index (χ0n) is 19.9. The van der Waals surface area contributed by atoms with E-state index < -0.39 is 33.5 Å². The second-order valence-electron chi connectivity index (χ2n) is 7.79. The Labute approximate surface area is 204 Å². The van der Waals surface area contributed by atoms with Crippen LogP contribution in [0.5, 0.6) is 0 Å². The molecule has 1 atom stereocenters. The highest BCUT2D eigenvalue weighted by Crippen LogP contribution is 2.24. The molecule has 0 saturated carbocycles. The molecule has 9 nitrogen and oxygen atoms in total. The predicted octanol–water partition coefficient (Wildman–Crippen LogP) is 2.98. The van der Waals surface area contributed by atoms with Crippen molar-refractivity contribution in [3.8, 4) is 0 Å². The van der Waals surface area contributed by atoms with Gasteiger partial charge in [-0.25, -0.2) is 8.42 Å². The van der Waals surface area contributed by atoms with E-state index in [9.17, 15) is 22.8 Å². The summed E-state index contributed by atoms with van der Waals surface area (Å²) in [6, 6.07) is 13.6. The highest BCUT2D eigenvalue weighted by Gasteiger charge is 2.25. The lowest BCUT2D eigenvalue weighted by molar-refractivity contribution is -0.143. The molecule has 2 aromatic carbocycles. The number of carbonyl (C=O) groups excluding carboxylic acids is 2. The summed E-state index contributed by atoms with van der Waals surface area (Å²) in [5, 5.41) is 3.09. The van der Waals surface area contributed by atoms with E-state index in [1.54, 1.807) is 45.0 Å². The van der Waals surface area contributed by atoms with Crippen molar-refractivity contribution in [1.29, 1.82) is 0 Å². The minimum absolute atomic E-state index is 0.00476. The van der Waals surface area contributed by atoms with Gasteiger partial charge < -0.3 is 15.0 Å². The van der Waals surface area contributed by atoms with Crippen LogP contribution in [-0.2, 0) is 19.6 Å². The van der Waals surface area contributed by atoms with Gasteiger partial charge in [-0.15, -0.1) is 0 Å². The van der Waals surface area contributed by atoms with Crippen LogP contribution in [0.25, 0.3) is 10.9 Å². The van der Waals surface area contributed by atoms with Gasteiger partial charge in [-0.2, -0.15) is 4.31 Å². The second-order valence-corrected chi connectivity index (χ2v) is 9.73. The number of aromatic amines is 1. The maximum absolute atomic E-state index is 13.4. The lowest BCUT2D eigenvalue weighted by atomic mass is 10.0. The third-order valence-corrected chi connectivity index (χ3v) is 7.63. The van der Waals surface area contributed by atoms with Gasteiger partial charge in [-0.05, 0) is 30.7 Å². The van der Waals surface area contributed by atoms with Gasteiger partial charge in [0.15, 0.2) is 0 Å². The predicted molar refractivity (Wildman–Crippen MR) is 133 cm³/mol. The number of sulfonamides is 1. The zero-order chi connectivity index (χ0) is 25.6. The van der Waals surface area contributed by atoms with Crippen LogP contribution in [0.1, 0.15) is 49.2 Å². The summed E-state index contributed by atoms with van der Waals surface area (Å²) in [7, 11) is -3.79. The topological polar surface area (TPSA) is 126 Å². The van der Waals surface area contributed by atoms with Crippen molar-refractivity contribution in [3.05, 3.63) is 76.1 Å². The number of carbonyl (C=O) groups is 2. The first kappa shape index (κ1) is 26.1. The van der Waals surface area contributed by atoms with E-state index in [4.69, 9.17) is 4.74 Å². The van der Waals surface area contributed by atoms with E-state index in [0.717, 1.165) is 6.07 Å². The Hall–Kier alpha value is -3.50. The Bertz CT molecular complexity index is 1360. The Balaban J connectivity index is 2.05. The largest absolute Gasteiger partial charge is 0.466 e. The van der Waals surface area contributed by atoms with Crippen molar-refractivity contribution < 1.29 is 22.7 Å². The molecule has 0 aliphatic rings. The van der Waals surface area contributed by atoms with Crippen LogP contribution in [0, 0.1) is 0 Å². The molecule has 0 bridgehead atoms. The summed E-state index contributed by atoms with van der Waals surface area (Å²) < 4.78 is 32.4. The minimum atomic E-state index is -3.79. The van der Waals surface area contributed by atoms with Crippen molar-refractivity contribution in [1.82, 2.24) is 14.6 Å². The number of pyridine rings is 1. The monoisotopic (exact) mass is 499 g/mol. The minimum Gasteiger partial charge on any atom is -0.466 e. The Morgan fingerprint density at radius 2 is 1.71 bits per heavy atom. The van der Waals surface area contributed by atoms with Gasteiger partial charge in [0.05, 0.1) is 29.5 Å².